The topological polar surface area (TPSA) is 67.3 Å². The van der Waals surface area contributed by atoms with E-state index in [-0.39, 0.29) is 5.92 Å². The number of rotatable bonds is 4. The van der Waals surface area contributed by atoms with E-state index in [1.807, 2.05) is 6.07 Å². The van der Waals surface area contributed by atoms with Gasteiger partial charge in [-0.3, -0.25) is 14.6 Å². The molecule has 0 N–H and O–H groups in total. The Morgan fingerprint density at radius 2 is 2.40 bits per heavy atom. The van der Waals surface area contributed by atoms with Gasteiger partial charge in [-0.1, -0.05) is 11.6 Å². The molecular formula is C14H12ClN3O2. The molecule has 102 valence electrons. The molecular weight excluding hydrogens is 278 g/mol. The molecule has 1 aromatic rings. The Labute approximate surface area is 122 Å². The van der Waals surface area contributed by atoms with Gasteiger partial charge in [-0.05, 0) is 30.9 Å². The van der Waals surface area contributed by atoms with Crippen LogP contribution in [0, 0.1) is 23.8 Å². The van der Waals surface area contributed by atoms with Crippen LogP contribution in [0.1, 0.15) is 18.5 Å². The average Bonchev–Trinajstić information content (AvgIpc) is 3.30. The van der Waals surface area contributed by atoms with Crippen LogP contribution < -0.4 is 0 Å². The summed E-state index contributed by atoms with van der Waals surface area (Å²) in [6.07, 6.45) is 2.95. The molecule has 0 aliphatic heterocycles. The second-order valence-corrected chi connectivity index (χ2v) is 5.09. The number of carbonyl (C=O) groups is 1. The number of nitriles is 1. The fraction of sp³-hybridized carbons (Fsp3) is 0.429. The first kappa shape index (κ1) is 14.3. The Morgan fingerprint density at radius 1 is 1.70 bits per heavy atom. The molecule has 2 atom stereocenters. The van der Waals surface area contributed by atoms with E-state index in [2.05, 4.69) is 9.83 Å². The lowest BCUT2D eigenvalue weighted by Gasteiger charge is -2.28. The minimum Gasteiger partial charge on any atom is -0.468 e. The van der Waals surface area contributed by atoms with E-state index in [9.17, 15) is 10.1 Å². The van der Waals surface area contributed by atoms with Gasteiger partial charge < -0.3 is 4.74 Å². The predicted octanol–water partition coefficient (Wildman–Crippen LogP) is 2.37. The van der Waals surface area contributed by atoms with Crippen LogP contribution in [-0.4, -0.2) is 24.1 Å². The second kappa shape index (κ2) is 5.48. The highest BCUT2D eigenvalue weighted by molar-refractivity contribution is 6.30. The summed E-state index contributed by atoms with van der Waals surface area (Å²) in [5, 5.41) is 9.70. The summed E-state index contributed by atoms with van der Waals surface area (Å²) >= 11 is 5.81. The van der Waals surface area contributed by atoms with Crippen LogP contribution in [0.3, 0.4) is 0 Å². The zero-order chi connectivity index (χ0) is 14.8. The van der Waals surface area contributed by atoms with Crippen molar-refractivity contribution in [1.29, 1.82) is 5.26 Å². The van der Waals surface area contributed by atoms with Gasteiger partial charge >= 0.3 is 12.0 Å². The molecule has 0 radical (unpaired) electrons. The first-order chi connectivity index (χ1) is 9.60. The van der Waals surface area contributed by atoms with Gasteiger partial charge in [0.05, 0.1) is 17.8 Å². The molecule has 6 heteroatoms. The largest absolute Gasteiger partial charge is 0.468 e. The number of halogens is 1. The number of carbonyl (C=O) groups excluding carboxylic acids is 1. The van der Waals surface area contributed by atoms with Crippen LogP contribution >= 0.6 is 11.6 Å². The maximum absolute atomic E-state index is 12.4. The zero-order valence-corrected chi connectivity index (χ0v) is 11.6. The summed E-state index contributed by atoms with van der Waals surface area (Å²) in [5.41, 5.74) is -0.950. The van der Waals surface area contributed by atoms with Crippen molar-refractivity contribution >= 4 is 17.6 Å². The molecule has 0 spiro atoms. The van der Waals surface area contributed by atoms with E-state index < -0.39 is 17.4 Å². The third-order valence-corrected chi connectivity index (χ3v) is 3.80. The molecule has 2 rings (SSSR count). The smallest absolute Gasteiger partial charge is 0.329 e. The van der Waals surface area contributed by atoms with Crippen molar-refractivity contribution in [3.8, 4) is 6.07 Å². The van der Waals surface area contributed by atoms with Gasteiger partial charge in [0.1, 0.15) is 0 Å². The Hall–Kier alpha value is -2.11. The second-order valence-electron chi connectivity index (χ2n) is 4.66. The third-order valence-electron chi connectivity index (χ3n) is 3.58. The molecule has 0 bridgehead atoms. The molecule has 5 nitrogen and oxygen atoms in total. The van der Waals surface area contributed by atoms with Gasteiger partial charge in [-0.2, -0.15) is 5.26 Å². The fourth-order valence-electron chi connectivity index (χ4n) is 2.52. The normalized spacial score (nSPS) is 18.2. The standard InChI is InChI=1S/C14H12ClN3O2/c1-17-12(7-16)14(9-3-4-9,13(19)20-2)11-6-5-10(15)8-18-11/h5-6,8-9,12H,3-4H2,2H3. The minimum atomic E-state index is -1.32. The molecule has 1 heterocycles. The van der Waals surface area contributed by atoms with E-state index >= 15 is 0 Å². The Morgan fingerprint density at radius 3 is 2.80 bits per heavy atom. The van der Waals surface area contributed by atoms with Crippen molar-refractivity contribution in [2.45, 2.75) is 24.3 Å². The Kier molecular flexibility index (Phi) is 3.92. The highest BCUT2D eigenvalue weighted by atomic mass is 35.5. The molecule has 0 saturated heterocycles. The zero-order valence-electron chi connectivity index (χ0n) is 10.8. The Balaban J connectivity index is 2.64. The third kappa shape index (κ3) is 2.11. The molecule has 1 saturated carbocycles. The number of hydrogen-bond donors (Lipinski definition) is 0. The lowest BCUT2D eigenvalue weighted by molar-refractivity contribution is -0.148. The first-order valence-electron chi connectivity index (χ1n) is 6.07. The van der Waals surface area contributed by atoms with Crippen molar-refractivity contribution in [2.24, 2.45) is 5.92 Å². The molecule has 20 heavy (non-hydrogen) atoms. The number of methoxy groups -OCH3 is 1. The SMILES string of the molecule is [C-]#[N+]C(C#N)C(C(=O)OC)(c1ccc(Cl)cn1)C1CC1. The molecule has 1 aliphatic carbocycles. The summed E-state index contributed by atoms with van der Waals surface area (Å²) < 4.78 is 4.88. The van der Waals surface area contributed by atoms with Gasteiger partial charge in [-0.25, -0.2) is 6.57 Å². The number of esters is 1. The van der Waals surface area contributed by atoms with Crippen molar-refractivity contribution in [3.05, 3.63) is 40.5 Å². The minimum absolute atomic E-state index is 0.0950. The lowest BCUT2D eigenvalue weighted by atomic mass is 9.73. The molecule has 2 unspecified atom stereocenters. The van der Waals surface area contributed by atoms with Crippen LogP contribution in [0.25, 0.3) is 4.85 Å². The monoisotopic (exact) mass is 289 g/mol. The van der Waals surface area contributed by atoms with E-state index in [1.54, 1.807) is 12.1 Å². The lowest BCUT2D eigenvalue weighted by Crippen LogP contribution is -2.48. The fourth-order valence-corrected chi connectivity index (χ4v) is 2.63. The van der Waals surface area contributed by atoms with E-state index in [0.29, 0.717) is 10.7 Å². The van der Waals surface area contributed by atoms with Crippen molar-refractivity contribution in [1.82, 2.24) is 4.98 Å². The maximum atomic E-state index is 12.4. The van der Waals surface area contributed by atoms with E-state index in [0.717, 1.165) is 12.8 Å². The van der Waals surface area contributed by atoms with Crippen LogP contribution in [-0.2, 0) is 14.9 Å². The quantitative estimate of drug-likeness (QED) is 0.630. The van der Waals surface area contributed by atoms with E-state index in [4.69, 9.17) is 22.9 Å². The van der Waals surface area contributed by atoms with Crippen LogP contribution in [0.2, 0.25) is 5.02 Å². The molecule has 0 aromatic carbocycles. The van der Waals surface area contributed by atoms with Crippen LogP contribution in [0.4, 0.5) is 0 Å². The maximum Gasteiger partial charge on any atom is 0.329 e. The molecule has 1 fully saturated rings. The van der Waals surface area contributed by atoms with Gasteiger partial charge in [0.25, 0.3) is 0 Å². The van der Waals surface area contributed by atoms with Gasteiger partial charge in [-0.15, -0.1) is 0 Å². The van der Waals surface area contributed by atoms with Gasteiger partial charge in [0, 0.05) is 6.20 Å². The number of pyridine rings is 1. The summed E-state index contributed by atoms with van der Waals surface area (Å²) in [4.78, 5) is 19.9. The average molecular weight is 290 g/mol. The van der Waals surface area contributed by atoms with Crippen molar-refractivity contribution < 1.29 is 9.53 Å². The molecule has 0 amide bonds. The number of ether oxygens (including phenoxy) is 1. The summed E-state index contributed by atoms with van der Waals surface area (Å²) in [7, 11) is 1.26. The van der Waals surface area contributed by atoms with Crippen LogP contribution in [0.15, 0.2) is 18.3 Å². The van der Waals surface area contributed by atoms with Crippen molar-refractivity contribution in [2.75, 3.05) is 7.11 Å². The number of nitrogens with zero attached hydrogens (tertiary/aromatic N) is 3. The van der Waals surface area contributed by atoms with Gasteiger partial charge in [0.15, 0.2) is 6.07 Å². The predicted molar refractivity (Wildman–Crippen MR) is 71.7 cm³/mol. The van der Waals surface area contributed by atoms with Crippen molar-refractivity contribution in [3.63, 3.8) is 0 Å². The van der Waals surface area contributed by atoms with Gasteiger partial charge in [0.2, 0.25) is 5.41 Å². The number of aromatic nitrogens is 1. The summed E-state index contributed by atoms with van der Waals surface area (Å²) in [5.74, 6) is -0.681. The highest BCUT2D eigenvalue weighted by Crippen LogP contribution is 2.50. The highest BCUT2D eigenvalue weighted by Gasteiger charge is 2.63. The molecule has 1 aromatic heterocycles. The summed E-state index contributed by atoms with van der Waals surface area (Å²) in [6, 6.07) is 3.95. The summed E-state index contributed by atoms with van der Waals surface area (Å²) in [6.45, 7) is 7.24. The van der Waals surface area contributed by atoms with E-state index in [1.165, 1.54) is 13.3 Å². The number of hydrogen-bond acceptors (Lipinski definition) is 4. The first-order valence-corrected chi connectivity index (χ1v) is 6.45. The molecule has 1 aliphatic rings. The van der Waals surface area contributed by atoms with Crippen LogP contribution in [0.5, 0.6) is 0 Å². The Bertz CT molecular complexity index is 584.